The first-order valence-electron chi connectivity index (χ1n) is 5.63. The normalized spacial score (nSPS) is 11.0. The Labute approximate surface area is 115 Å². The maximum Gasteiger partial charge on any atom is 0.182 e. The van der Waals surface area contributed by atoms with E-state index in [4.69, 9.17) is 23.8 Å². The van der Waals surface area contributed by atoms with Crippen molar-refractivity contribution in [1.82, 2.24) is 9.55 Å². The van der Waals surface area contributed by atoms with Gasteiger partial charge in [0.1, 0.15) is 0 Å². The molecule has 0 bridgehead atoms. The summed E-state index contributed by atoms with van der Waals surface area (Å²) in [5.74, 6) is 0. The summed E-state index contributed by atoms with van der Waals surface area (Å²) < 4.78 is 2.70. The van der Waals surface area contributed by atoms with Gasteiger partial charge >= 0.3 is 0 Å². The van der Waals surface area contributed by atoms with E-state index in [1.165, 1.54) is 0 Å². The van der Waals surface area contributed by atoms with Crippen LogP contribution in [0.5, 0.6) is 0 Å². The summed E-state index contributed by atoms with van der Waals surface area (Å²) in [6, 6.07) is 13.9. The van der Waals surface area contributed by atoms with Crippen LogP contribution in [-0.2, 0) is 0 Å². The highest BCUT2D eigenvalue weighted by Gasteiger charge is 2.08. The second kappa shape index (κ2) is 4.26. The van der Waals surface area contributed by atoms with Crippen molar-refractivity contribution in [2.24, 2.45) is 0 Å². The Morgan fingerprint density at radius 3 is 2.78 bits per heavy atom. The molecule has 18 heavy (non-hydrogen) atoms. The Morgan fingerprint density at radius 2 is 1.94 bits per heavy atom. The molecule has 0 atom stereocenters. The van der Waals surface area contributed by atoms with E-state index in [-0.39, 0.29) is 0 Å². The van der Waals surface area contributed by atoms with Gasteiger partial charge in [-0.25, -0.2) is 0 Å². The van der Waals surface area contributed by atoms with Crippen LogP contribution in [0.3, 0.4) is 0 Å². The molecule has 0 radical (unpaired) electrons. The zero-order chi connectivity index (χ0) is 12.7. The van der Waals surface area contributed by atoms with E-state index in [1.807, 2.05) is 47.0 Å². The van der Waals surface area contributed by atoms with Crippen LogP contribution in [-0.4, -0.2) is 9.55 Å². The SMILES string of the molecule is Cc1ccc(Cl)cc1-n1c(=S)[nH]c2ccccc21. The van der Waals surface area contributed by atoms with Gasteiger partial charge in [0.15, 0.2) is 4.77 Å². The van der Waals surface area contributed by atoms with Crippen LogP contribution in [0.15, 0.2) is 42.5 Å². The molecule has 4 heteroatoms. The lowest BCUT2D eigenvalue weighted by molar-refractivity contribution is 1.05. The lowest BCUT2D eigenvalue weighted by atomic mass is 10.2. The number of imidazole rings is 1. The molecule has 0 aliphatic rings. The number of hydrogen-bond acceptors (Lipinski definition) is 1. The topological polar surface area (TPSA) is 20.7 Å². The minimum absolute atomic E-state index is 0.682. The van der Waals surface area contributed by atoms with Crippen LogP contribution in [0.2, 0.25) is 5.02 Å². The van der Waals surface area contributed by atoms with E-state index in [2.05, 4.69) is 11.9 Å². The number of aryl methyl sites for hydroxylation is 1. The molecule has 90 valence electrons. The summed E-state index contributed by atoms with van der Waals surface area (Å²) in [6.45, 7) is 2.05. The number of nitrogens with zero attached hydrogens (tertiary/aromatic N) is 1. The summed E-state index contributed by atoms with van der Waals surface area (Å²) in [6.07, 6.45) is 0. The average Bonchev–Trinajstić information content (AvgIpc) is 2.68. The number of halogens is 1. The van der Waals surface area contributed by atoms with E-state index in [0.29, 0.717) is 9.79 Å². The number of nitrogens with one attached hydrogen (secondary N) is 1. The minimum Gasteiger partial charge on any atom is -0.330 e. The first-order valence-corrected chi connectivity index (χ1v) is 6.42. The molecule has 0 saturated heterocycles. The molecular formula is C14H11ClN2S. The second-order valence-corrected chi connectivity index (χ2v) is 5.04. The summed E-state index contributed by atoms with van der Waals surface area (Å²) in [7, 11) is 0. The van der Waals surface area contributed by atoms with E-state index < -0.39 is 0 Å². The molecule has 1 aromatic heterocycles. The number of benzene rings is 2. The lowest BCUT2D eigenvalue weighted by Crippen LogP contribution is -1.96. The molecule has 1 N–H and O–H groups in total. The van der Waals surface area contributed by atoms with Gasteiger partial charge in [-0.2, -0.15) is 0 Å². The van der Waals surface area contributed by atoms with Crippen molar-refractivity contribution in [3.05, 3.63) is 57.8 Å². The van der Waals surface area contributed by atoms with Gasteiger partial charge in [0.2, 0.25) is 0 Å². The molecule has 0 unspecified atom stereocenters. The number of fused-ring (bicyclic) bond motifs is 1. The van der Waals surface area contributed by atoms with E-state index in [0.717, 1.165) is 22.3 Å². The highest BCUT2D eigenvalue weighted by molar-refractivity contribution is 7.71. The molecule has 0 aliphatic carbocycles. The maximum absolute atomic E-state index is 6.08. The Hall–Kier alpha value is -1.58. The second-order valence-electron chi connectivity index (χ2n) is 4.21. The van der Waals surface area contributed by atoms with Crippen molar-refractivity contribution in [2.45, 2.75) is 6.92 Å². The van der Waals surface area contributed by atoms with Crippen molar-refractivity contribution >= 4 is 34.9 Å². The molecule has 0 aliphatic heterocycles. The largest absolute Gasteiger partial charge is 0.330 e. The van der Waals surface area contributed by atoms with E-state index in [9.17, 15) is 0 Å². The molecule has 0 amide bonds. The van der Waals surface area contributed by atoms with Gasteiger partial charge in [0.25, 0.3) is 0 Å². The fourth-order valence-electron chi connectivity index (χ4n) is 2.12. The van der Waals surface area contributed by atoms with Crippen molar-refractivity contribution in [1.29, 1.82) is 0 Å². The van der Waals surface area contributed by atoms with Crippen LogP contribution in [0.1, 0.15) is 5.56 Å². The Bertz CT molecular complexity index is 786. The molecule has 3 aromatic rings. The molecule has 2 nitrogen and oxygen atoms in total. The van der Waals surface area contributed by atoms with Crippen LogP contribution in [0.25, 0.3) is 16.7 Å². The van der Waals surface area contributed by atoms with Gasteiger partial charge in [0.05, 0.1) is 16.7 Å². The lowest BCUT2D eigenvalue weighted by Gasteiger charge is -2.08. The molecule has 3 rings (SSSR count). The van der Waals surface area contributed by atoms with E-state index >= 15 is 0 Å². The van der Waals surface area contributed by atoms with Gasteiger partial charge in [-0.15, -0.1) is 0 Å². The van der Waals surface area contributed by atoms with Gasteiger partial charge in [-0.05, 0) is 49.0 Å². The smallest absolute Gasteiger partial charge is 0.182 e. The zero-order valence-electron chi connectivity index (χ0n) is 9.77. The standard InChI is InChI=1S/C14H11ClN2S/c1-9-6-7-10(15)8-13(9)17-12-5-3-2-4-11(12)16-14(17)18/h2-8H,1H3,(H,16,18). The number of aromatic nitrogens is 2. The van der Waals surface area contributed by atoms with Crippen molar-refractivity contribution in [3.8, 4) is 5.69 Å². The highest BCUT2D eigenvalue weighted by atomic mass is 35.5. The first-order chi connectivity index (χ1) is 8.66. The number of para-hydroxylation sites is 2. The predicted octanol–water partition coefficient (Wildman–Crippen LogP) is 4.65. The van der Waals surface area contributed by atoms with Gasteiger partial charge in [-0.1, -0.05) is 29.8 Å². The van der Waals surface area contributed by atoms with Gasteiger partial charge < -0.3 is 4.98 Å². The van der Waals surface area contributed by atoms with Crippen molar-refractivity contribution in [3.63, 3.8) is 0 Å². The molecular weight excluding hydrogens is 264 g/mol. The summed E-state index contributed by atoms with van der Waals surface area (Å²) in [4.78, 5) is 3.21. The van der Waals surface area contributed by atoms with E-state index in [1.54, 1.807) is 0 Å². The Kier molecular flexibility index (Phi) is 2.73. The number of H-pyrrole nitrogens is 1. The third-order valence-corrected chi connectivity index (χ3v) is 3.52. The number of aromatic amines is 1. The van der Waals surface area contributed by atoms with Crippen LogP contribution < -0.4 is 0 Å². The first kappa shape index (κ1) is 11.5. The van der Waals surface area contributed by atoms with Crippen molar-refractivity contribution < 1.29 is 0 Å². The van der Waals surface area contributed by atoms with Crippen molar-refractivity contribution in [2.75, 3.05) is 0 Å². The highest BCUT2D eigenvalue weighted by Crippen LogP contribution is 2.24. The summed E-state index contributed by atoms with van der Waals surface area (Å²) >= 11 is 11.5. The molecule has 0 saturated carbocycles. The van der Waals surface area contributed by atoms with Crippen LogP contribution in [0, 0.1) is 11.7 Å². The zero-order valence-corrected chi connectivity index (χ0v) is 11.3. The summed E-state index contributed by atoms with van der Waals surface area (Å²) in [5, 5.41) is 0.711. The fraction of sp³-hybridized carbons (Fsp3) is 0.0714. The summed E-state index contributed by atoms with van der Waals surface area (Å²) in [5.41, 5.74) is 4.25. The third kappa shape index (κ3) is 1.76. The predicted molar refractivity (Wildman–Crippen MR) is 78.2 cm³/mol. The molecule has 2 aromatic carbocycles. The monoisotopic (exact) mass is 274 g/mol. The Balaban J connectivity index is 2.41. The quantitative estimate of drug-likeness (QED) is 0.641. The molecule has 1 heterocycles. The fourth-order valence-corrected chi connectivity index (χ4v) is 2.59. The minimum atomic E-state index is 0.682. The average molecular weight is 275 g/mol. The third-order valence-electron chi connectivity index (χ3n) is 3.00. The molecule has 0 fully saturated rings. The number of rotatable bonds is 1. The van der Waals surface area contributed by atoms with Gasteiger partial charge in [0, 0.05) is 5.02 Å². The molecule has 0 spiro atoms. The number of hydrogen-bond donors (Lipinski definition) is 1. The van der Waals surface area contributed by atoms with Crippen LogP contribution in [0.4, 0.5) is 0 Å². The van der Waals surface area contributed by atoms with Crippen LogP contribution >= 0.6 is 23.8 Å². The maximum atomic E-state index is 6.08. The Morgan fingerprint density at radius 1 is 1.17 bits per heavy atom. The van der Waals surface area contributed by atoms with Gasteiger partial charge in [-0.3, -0.25) is 4.57 Å².